The Morgan fingerprint density at radius 1 is 1.31 bits per heavy atom. The van der Waals surface area contributed by atoms with Crippen LogP contribution in [0.15, 0.2) is 0 Å². The van der Waals surface area contributed by atoms with Gasteiger partial charge in [0, 0.05) is 0 Å². The van der Waals surface area contributed by atoms with Crippen molar-refractivity contribution < 1.29 is 4.79 Å². The molecule has 0 saturated heterocycles. The van der Waals surface area contributed by atoms with Gasteiger partial charge in [-0.15, -0.1) is 23.2 Å². The Labute approximate surface area is 98.3 Å². The molecule has 2 atom stereocenters. The second kappa shape index (κ2) is 8.07. The van der Waals surface area contributed by atoms with Crippen molar-refractivity contribution in [1.29, 1.82) is 0 Å². The Balaban J connectivity index is 3.50. The minimum atomic E-state index is -0.638. The highest BCUT2D eigenvalue weighted by atomic mass is 79.9. The first-order valence-corrected chi connectivity index (χ1v) is 6.34. The molecule has 0 amide bonds. The second-order valence-electron chi connectivity index (χ2n) is 3.02. The van der Waals surface area contributed by atoms with Crippen molar-refractivity contribution in [3.05, 3.63) is 0 Å². The van der Waals surface area contributed by atoms with Gasteiger partial charge in [0.2, 0.25) is 0 Å². The fourth-order valence-electron chi connectivity index (χ4n) is 1.03. The van der Waals surface area contributed by atoms with Gasteiger partial charge in [0.1, 0.15) is 4.29 Å². The molecule has 0 spiro atoms. The van der Waals surface area contributed by atoms with E-state index in [4.69, 9.17) is 23.2 Å². The standard InChI is InChI=1S/C9H15BrCl2O/c1-2-3-4-5-6-7(11)8(13)9(10)12/h7,9H,2-6H2,1H3. The van der Waals surface area contributed by atoms with Crippen molar-refractivity contribution >= 4 is 44.9 Å². The molecule has 0 bridgehead atoms. The van der Waals surface area contributed by atoms with E-state index in [1.165, 1.54) is 12.8 Å². The van der Waals surface area contributed by atoms with Gasteiger partial charge in [0.25, 0.3) is 0 Å². The number of rotatable bonds is 7. The summed E-state index contributed by atoms with van der Waals surface area (Å²) in [6, 6.07) is 0. The molecule has 0 aromatic carbocycles. The van der Waals surface area contributed by atoms with Crippen LogP contribution in [0.4, 0.5) is 0 Å². The molecule has 0 aliphatic heterocycles. The monoisotopic (exact) mass is 288 g/mol. The molecule has 0 radical (unpaired) electrons. The summed E-state index contributed by atoms with van der Waals surface area (Å²) < 4.78 is -0.638. The number of hydrogen-bond acceptors (Lipinski definition) is 1. The SMILES string of the molecule is CCCCCCC(Cl)C(=O)C(Cl)Br. The average Bonchev–Trinajstić information content (AvgIpc) is 2.10. The van der Waals surface area contributed by atoms with Gasteiger partial charge in [-0.2, -0.15) is 0 Å². The second-order valence-corrected chi connectivity index (χ2v) is 5.43. The van der Waals surface area contributed by atoms with Crippen molar-refractivity contribution in [2.24, 2.45) is 0 Å². The Kier molecular flexibility index (Phi) is 8.53. The van der Waals surface area contributed by atoms with E-state index in [0.717, 1.165) is 19.3 Å². The van der Waals surface area contributed by atoms with Gasteiger partial charge in [0.05, 0.1) is 5.38 Å². The maximum absolute atomic E-state index is 11.2. The minimum absolute atomic E-state index is 0.125. The zero-order chi connectivity index (χ0) is 10.3. The quantitative estimate of drug-likeness (QED) is 0.509. The number of ketones is 1. The molecule has 0 saturated carbocycles. The van der Waals surface area contributed by atoms with Crippen LogP contribution in [-0.4, -0.2) is 15.4 Å². The van der Waals surface area contributed by atoms with Gasteiger partial charge in [0.15, 0.2) is 5.78 Å². The molecule has 1 nitrogen and oxygen atoms in total. The molecule has 0 rings (SSSR count). The minimum Gasteiger partial charge on any atom is -0.295 e. The zero-order valence-electron chi connectivity index (χ0n) is 7.73. The van der Waals surface area contributed by atoms with Crippen LogP contribution in [-0.2, 0) is 4.79 Å². The molecule has 0 heterocycles. The van der Waals surface area contributed by atoms with Crippen LogP contribution >= 0.6 is 39.1 Å². The Morgan fingerprint density at radius 3 is 2.38 bits per heavy atom. The molecular formula is C9H15BrCl2O. The fourth-order valence-corrected chi connectivity index (χ4v) is 2.00. The van der Waals surface area contributed by atoms with E-state index in [2.05, 4.69) is 22.9 Å². The first-order chi connectivity index (χ1) is 6.09. The Morgan fingerprint density at radius 2 is 1.92 bits per heavy atom. The highest BCUT2D eigenvalue weighted by Crippen LogP contribution is 2.17. The summed E-state index contributed by atoms with van der Waals surface area (Å²) in [5.74, 6) is -0.125. The van der Waals surface area contributed by atoms with Gasteiger partial charge in [-0.05, 0) is 6.42 Å². The van der Waals surface area contributed by atoms with Crippen molar-refractivity contribution in [3.63, 3.8) is 0 Å². The molecule has 0 aromatic heterocycles. The zero-order valence-corrected chi connectivity index (χ0v) is 10.8. The largest absolute Gasteiger partial charge is 0.295 e. The third-order valence-corrected chi connectivity index (χ3v) is 2.93. The van der Waals surface area contributed by atoms with Crippen LogP contribution in [0.25, 0.3) is 0 Å². The van der Waals surface area contributed by atoms with Crippen LogP contribution in [0.2, 0.25) is 0 Å². The van der Waals surface area contributed by atoms with Crippen molar-refractivity contribution in [1.82, 2.24) is 0 Å². The first kappa shape index (κ1) is 13.7. The number of Topliss-reactive ketones (excluding diaryl/α,β-unsaturated/α-hetero) is 1. The number of halogens is 3. The smallest absolute Gasteiger partial charge is 0.179 e. The predicted octanol–water partition coefficient (Wildman–Crippen LogP) is 4.09. The van der Waals surface area contributed by atoms with Crippen LogP contribution in [0.1, 0.15) is 39.0 Å². The van der Waals surface area contributed by atoms with Crippen molar-refractivity contribution in [2.75, 3.05) is 0 Å². The molecule has 2 unspecified atom stereocenters. The topological polar surface area (TPSA) is 17.1 Å². The van der Waals surface area contributed by atoms with Crippen LogP contribution in [0.3, 0.4) is 0 Å². The third-order valence-electron chi connectivity index (χ3n) is 1.83. The summed E-state index contributed by atoms with van der Waals surface area (Å²) >= 11 is 14.4. The molecular weight excluding hydrogens is 275 g/mol. The van der Waals surface area contributed by atoms with E-state index in [9.17, 15) is 4.79 Å². The molecule has 13 heavy (non-hydrogen) atoms. The van der Waals surface area contributed by atoms with Crippen LogP contribution < -0.4 is 0 Å². The third kappa shape index (κ3) is 6.75. The van der Waals surface area contributed by atoms with Gasteiger partial charge in [-0.25, -0.2) is 0 Å². The summed E-state index contributed by atoms with van der Waals surface area (Å²) in [5.41, 5.74) is 0. The molecule has 0 aliphatic rings. The van der Waals surface area contributed by atoms with E-state index in [0.29, 0.717) is 0 Å². The summed E-state index contributed by atoms with van der Waals surface area (Å²) in [6.07, 6.45) is 5.27. The maximum Gasteiger partial charge on any atom is 0.179 e. The summed E-state index contributed by atoms with van der Waals surface area (Å²) in [5, 5.41) is -0.432. The number of alkyl halides is 3. The lowest BCUT2D eigenvalue weighted by Crippen LogP contribution is -2.20. The normalized spacial score (nSPS) is 15.4. The summed E-state index contributed by atoms with van der Waals surface area (Å²) in [4.78, 5) is 11.2. The number of carbonyl (C=O) groups excluding carboxylic acids is 1. The van der Waals surface area contributed by atoms with Crippen LogP contribution in [0, 0.1) is 0 Å². The average molecular weight is 290 g/mol. The van der Waals surface area contributed by atoms with Gasteiger partial charge in [-0.1, -0.05) is 48.5 Å². The highest BCUT2D eigenvalue weighted by Gasteiger charge is 2.20. The van der Waals surface area contributed by atoms with E-state index < -0.39 is 9.66 Å². The molecule has 0 aliphatic carbocycles. The van der Waals surface area contributed by atoms with E-state index in [1.807, 2.05) is 0 Å². The molecule has 78 valence electrons. The number of unbranched alkanes of at least 4 members (excludes halogenated alkanes) is 3. The first-order valence-electron chi connectivity index (χ1n) is 4.55. The Hall–Kier alpha value is 0.730. The van der Waals surface area contributed by atoms with Crippen LogP contribution in [0.5, 0.6) is 0 Å². The van der Waals surface area contributed by atoms with Crippen molar-refractivity contribution in [3.8, 4) is 0 Å². The van der Waals surface area contributed by atoms with Gasteiger partial charge in [-0.3, -0.25) is 4.79 Å². The number of carbonyl (C=O) groups is 1. The molecule has 0 N–H and O–H groups in total. The van der Waals surface area contributed by atoms with Gasteiger partial charge >= 0.3 is 0 Å². The summed E-state index contributed by atoms with van der Waals surface area (Å²) in [7, 11) is 0. The lowest BCUT2D eigenvalue weighted by molar-refractivity contribution is -0.117. The van der Waals surface area contributed by atoms with E-state index in [-0.39, 0.29) is 5.78 Å². The highest BCUT2D eigenvalue weighted by molar-refractivity contribution is 9.10. The maximum atomic E-state index is 11.2. The predicted molar refractivity (Wildman–Crippen MR) is 62.0 cm³/mol. The molecule has 0 aromatic rings. The van der Waals surface area contributed by atoms with E-state index >= 15 is 0 Å². The Bertz CT molecular complexity index is 151. The number of hydrogen-bond donors (Lipinski definition) is 0. The lowest BCUT2D eigenvalue weighted by Gasteiger charge is -2.08. The molecule has 0 fully saturated rings. The van der Waals surface area contributed by atoms with Gasteiger partial charge < -0.3 is 0 Å². The van der Waals surface area contributed by atoms with E-state index in [1.54, 1.807) is 0 Å². The lowest BCUT2D eigenvalue weighted by atomic mass is 10.1. The fraction of sp³-hybridized carbons (Fsp3) is 0.889. The summed E-state index contributed by atoms with van der Waals surface area (Å²) in [6.45, 7) is 2.15. The van der Waals surface area contributed by atoms with Crippen molar-refractivity contribution in [2.45, 2.75) is 48.7 Å². The molecule has 4 heteroatoms.